The Morgan fingerprint density at radius 3 is 2.55 bits per heavy atom. The van der Waals surface area contributed by atoms with Crippen LogP contribution in [0.2, 0.25) is 5.15 Å². The number of rotatable bonds is 5. The van der Waals surface area contributed by atoms with Crippen LogP contribution in [0.15, 0.2) is 46.9 Å². The monoisotopic (exact) mass is 483 g/mol. The van der Waals surface area contributed by atoms with E-state index in [2.05, 4.69) is 26.3 Å². The highest BCUT2D eigenvalue weighted by Crippen LogP contribution is 2.24. The van der Waals surface area contributed by atoms with Crippen LogP contribution in [0.1, 0.15) is 16.1 Å². The topological polar surface area (TPSA) is 73.2 Å². The number of esters is 1. The largest absolute Gasteiger partial charge is 0.452 e. The number of amides is 1. The highest BCUT2D eigenvalue weighted by Gasteiger charge is 2.23. The van der Waals surface area contributed by atoms with Crippen molar-refractivity contribution in [1.29, 1.82) is 0 Å². The Morgan fingerprint density at radius 1 is 1.21 bits per heavy atom. The van der Waals surface area contributed by atoms with Crippen LogP contribution in [0.4, 0.5) is 14.5 Å². The summed E-state index contributed by atoms with van der Waals surface area (Å²) in [5.74, 6) is -2.66. The van der Waals surface area contributed by atoms with E-state index in [1.807, 2.05) is 0 Å². The zero-order valence-corrected chi connectivity index (χ0v) is 17.2. The van der Waals surface area contributed by atoms with E-state index in [0.29, 0.717) is 10.2 Å². The number of carbonyl (C=O) groups is 2. The number of hydrogen-bond donors (Lipinski definition) is 1. The molecule has 0 bridgehead atoms. The van der Waals surface area contributed by atoms with Gasteiger partial charge in [-0.1, -0.05) is 27.5 Å². The van der Waals surface area contributed by atoms with Crippen LogP contribution in [0, 0.1) is 18.6 Å². The molecule has 0 unspecified atom stereocenters. The van der Waals surface area contributed by atoms with E-state index >= 15 is 0 Å². The number of carbonyl (C=O) groups excluding carboxylic acids is 2. The maximum Gasteiger partial charge on any atom is 0.343 e. The molecule has 0 aliphatic carbocycles. The first-order chi connectivity index (χ1) is 13.8. The van der Waals surface area contributed by atoms with Crippen LogP contribution in [-0.4, -0.2) is 28.3 Å². The molecule has 0 fully saturated rings. The van der Waals surface area contributed by atoms with E-state index in [-0.39, 0.29) is 22.1 Å². The number of hydrogen-bond acceptors (Lipinski definition) is 4. The fraction of sp³-hybridized carbons (Fsp3) is 0.105. The Morgan fingerprint density at radius 2 is 1.90 bits per heavy atom. The lowest BCUT2D eigenvalue weighted by molar-refractivity contribution is -0.119. The van der Waals surface area contributed by atoms with Gasteiger partial charge in [0.25, 0.3) is 5.91 Å². The number of benzene rings is 2. The quantitative estimate of drug-likeness (QED) is 0.534. The standard InChI is InChI=1S/C19H13BrClF2N3O3/c1-10-17(18(21)26(25-10)13-5-3-12(22)4-6-13)19(28)29-9-16(27)24-15-7-2-11(20)8-14(15)23/h2-8H,9H2,1H3,(H,24,27). The van der Waals surface area contributed by atoms with Crippen molar-refractivity contribution in [2.75, 3.05) is 11.9 Å². The van der Waals surface area contributed by atoms with Gasteiger partial charge in [0.15, 0.2) is 6.61 Å². The number of halogens is 4. The molecular weight excluding hydrogens is 472 g/mol. The van der Waals surface area contributed by atoms with Crippen molar-refractivity contribution in [3.05, 3.63) is 75.0 Å². The molecule has 0 saturated heterocycles. The average Bonchev–Trinajstić information content (AvgIpc) is 2.97. The molecule has 0 saturated carbocycles. The minimum atomic E-state index is -0.868. The minimum Gasteiger partial charge on any atom is -0.452 e. The van der Waals surface area contributed by atoms with Crippen molar-refractivity contribution in [3.8, 4) is 5.69 Å². The van der Waals surface area contributed by atoms with Crippen LogP contribution in [0.25, 0.3) is 5.69 Å². The summed E-state index contributed by atoms with van der Waals surface area (Å²) in [7, 11) is 0. The van der Waals surface area contributed by atoms with Gasteiger partial charge in [-0.3, -0.25) is 4.79 Å². The van der Waals surface area contributed by atoms with Gasteiger partial charge < -0.3 is 10.1 Å². The first kappa shape index (κ1) is 20.9. The molecule has 0 aliphatic heterocycles. The van der Waals surface area contributed by atoms with E-state index in [9.17, 15) is 18.4 Å². The molecule has 6 nitrogen and oxygen atoms in total. The SMILES string of the molecule is Cc1nn(-c2ccc(F)cc2)c(Cl)c1C(=O)OCC(=O)Nc1ccc(Br)cc1F. The number of ether oxygens (including phenoxy) is 1. The summed E-state index contributed by atoms with van der Waals surface area (Å²) in [5, 5.41) is 6.42. The van der Waals surface area contributed by atoms with E-state index in [1.54, 1.807) is 13.0 Å². The molecule has 3 aromatic rings. The van der Waals surface area contributed by atoms with Gasteiger partial charge >= 0.3 is 5.97 Å². The predicted molar refractivity (Wildman–Crippen MR) is 106 cm³/mol. The molecule has 0 radical (unpaired) electrons. The van der Waals surface area contributed by atoms with Crippen LogP contribution >= 0.6 is 27.5 Å². The molecule has 1 aromatic heterocycles. The normalized spacial score (nSPS) is 10.7. The fourth-order valence-electron chi connectivity index (χ4n) is 2.46. The smallest absolute Gasteiger partial charge is 0.343 e. The first-order valence-electron chi connectivity index (χ1n) is 8.19. The predicted octanol–water partition coefficient (Wildman–Crippen LogP) is 4.67. The molecule has 0 atom stereocenters. The van der Waals surface area contributed by atoms with Gasteiger partial charge in [0, 0.05) is 4.47 Å². The second-order valence-corrected chi connectivity index (χ2v) is 7.16. The number of aryl methyl sites for hydroxylation is 1. The summed E-state index contributed by atoms with van der Waals surface area (Å²) < 4.78 is 33.6. The van der Waals surface area contributed by atoms with Crippen molar-refractivity contribution in [1.82, 2.24) is 9.78 Å². The van der Waals surface area contributed by atoms with E-state index < -0.39 is 30.1 Å². The van der Waals surface area contributed by atoms with Gasteiger partial charge in [0.2, 0.25) is 0 Å². The zero-order chi connectivity index (χ0) is 21.1. The lowest BCUT2D eigenvalue weighted by Gasteiger charge is -2.08. The Balaban J connectivity index is 1.69. The maximum atomic E-state index is 13.8. The third-order valence-electron chi connectivity index (χ3n) is 3.82. The summed E-state index contributed by atoms with van der Waals surface area (Å²) in [6, 6.07) is 9.46. The van der Waals surface area contributed by atoms with E-state index in [0.717, 1.165) is 0 Å². The Bertz CT molecular complexity index is 1090. The van der Waals surface area contributed by atoms with Crippen LogP contribution < -0.4 is 5.32 Å². The lowest BCUT2D eigenvalue weighted by atomic mass is 10.2. The number of aromatic nitrogens is 2. The van der Waals surface area contributed by atoms with Crippen molar-refractivity contribution in [2.45, 2.75) is 6.92 Å². The molecular formula is C19H13BrClF2N3O3. The third-order valence-corrected chi connectivity index (χ3v) is 4.66. The van der Waals surface area contributed by atoms with Gasteiger partial charge in [-0.05, 0) is 49.4 Å². The number of nitrogens with zero attached hydrogens (tertiary/aromatic N) is 2. The number of anilines is 1. The second kappa shape index (κ2) is 8.71. The number of nitrogens with one attached hydrogen (secondary N) is 1. The van der Waals surface area contributed by atoms with Gasteiger partial charge in [-0.2, -0.15) is 5.10 Å². The van der Waals surface area contributed by atoms with E-state index in [4.69, 9.17) is 16.3 Å². The van der Waals surface area contributed by atoms with Gasteiger partial charge in [0.05, 0.1) is 17.1 Å². The molecule has 0 spiro atoms. The summed E-state index contributed by atoms with van der Waals surface area (Å²) in [5.41, 5.74) is 0.636. The Labute approximate surface area is 177 Å². The summed E-state index contributed by atoms with van der Waals surface area (Å²) in [6.45, 7) is 0.894. The van der Waals surface area contributed by atoms with Crippen molar-refractivity contribution < 1.29 is 23.1 Å². The van der Waals surface area contributed by atoms with Crippen molar-refractivity contribution in [3.63, 3.8) is 0 Å². The molecule has 3 rings (SSSR count). The van der Waals surface area contributed by atoms with Crippen molar-refractivity contribution >= 4 is 45.1 Å². The highest BCUT2D eigenvalue weighted by atomic mass is 79.9. The van der Waals surface area contributed by atoms with E-state index in [1.165, 1.54) is 41.1 Å². The lowest BCUT2D eigenvalue weighted by Crippen LogP contribution is -2.21. The summed E-state index contributed by atoms with van der Waals surface area (Å²) >= 11 is 9.34. The van der Waals surface area contributed by atoms with Gasteiger partial charge in [-0.25, -0.2) is 18.3 Å². The van der Waals surface area contributed by atoms with Crippen LogP contribution in [0.3, 0.4) is 0 Å². The summed E-state index contributed by atoms with van der Waals surface area (Å²) in [4.78, 5) is 24.3. The molecule has 150 valence electrons. The van der Waals surface area contributed by atoms with Gasteiger partial charge in [0.1, 0.15) is 22.4 Å². The summed E-state index contributed by atoms with van der Waals surface area (Å²) in [6.07, 6.45) is 0. The van der Waals surface area contributed by atoms with Crippen LogP contribution in [0.5, 0.6) is 0 Å². The first-order valence-corrected chi connectivity index (χ1v) is 9.36. The second-order valence-electron chi connectivity index (χ2n) is 5.89. The van der Waals surface area contributed by atoms with Crippen molar-refractivity contribution in [2.24, 2.45) is 0 Å². The molecule has 29 heavy (non-hydrogen) atoms. The molecule has 1 amide bonds. The zero-order valence-electron chi connectivity index (χ0n) is 14.9. The van der Waals surface area contributed by atoms with Gasteiger partial charge in [-0.15, -0.1) is 0 Å². The van der Waals surface area contributed by atoms with Crippen LogP contribution in [-0.2, 0) is 9.53 Å². The molecule has 1 N–H and O–H groups in total. The Hall–Kier alpha value is -2.78. The Kier molecular flexibility index (Phi) is 6.29. The average molecular weight is 485 g/mol. The third kappa shape index (κ3) is 4.80. The molecule has 0 aliphatic rings. The molecule has 10 heteroatoms. The fourth-order valence-corrected chi connectivity index (χ4v) is 3.15. The highest BCUT2D eigenvalue weighted by molar-refractivity contribution is 9.10. The maximum absolute atomic E-state index is 13.8. The minimum absolute atomic E-state index is 0.0291. The molecule has 1 heterocycles. The molecule has 2 aromatic carbocycles.